The first kappa shape index (κ1) is 16.2. The van der Waals surface area contributed by atoms with Crippen LogP contribution in [0.2, 0.25) is 0 Å². The van der Waals surface area contributed by atoms with Gasteiger partial charge in [0, 0.05) is 12.1 Å². The lowest BCUT2D eigenvalue weighted by atomic mass is 9.62. The first-order valence-corrected chi connectivity index (χ1v) is 5.67. The number of rotatable bonds is 3. The lowest BCUT2D eigenvalue weighted by molar-refractivity contribution is 0.379. The third-order valence-electron chi connectivity index (χ3n) is 2.81. The van der Waals surface area contributed by atoms with Gasteiger partial charge >= 0.3 is 0 Å². The summed E-state index contributed by atoms with van der Waals surface area (Å²) in [6, 6.07) is 0.385. The van der Waals surface area contributed by atoms with E-state index in [1.165, 1.54) is 0 Å². The molecule has 0 bridgehead atoms. The monoisotopic (exact) mass is 321 g/mol. The van der Waals surface area contributed by atoms with Crippen LogP contribution in [0.3, 0.4) is 0 Å². The second kappa shape index (κ2) is 5.90. The van der Waals surface area contributed by atoms with Crippen LogP contribution in [0, 0.1) is 40.7 Å². The number of benzene rings is 2. The molecule has 1 nitrogen and oxygen atoms in total. The van der Waals surface area contributed by atoms with E-state index in [1.807, 2.05) is 0 Å². The van der Waals surface area contributed by atoms with Crippen molar-refractivity contribution in [1.82, 2.24) is 0 Å². The number of halogens is 7. The van der Waals surface area contributed by atoms with Gasteiger partial charge in [0.2, 0.25) is 7.28 Å². The van der Waals surface area contributed by atoms with Crippen LogP contribution < -0.4 is 15.7 Å². The van der Waals surface area contributed by atoms with Gasteiger partial charge in [-0.25, -0.2) is 30.7 Å². The van der Waals surface area contributed by atoms with Crippen molar-refractivity contribution >= 4 is 18.2 Å². The van der Waals surface area contributed by atoms with Crippen LogP contribution in [0.5, 0.6) is 5.75 Å². The average Bonchev–Trinajstić information content (AvgIpc) is 2.48. The summed E-state index contributed by atoms with van der Waals surface area (Å²) in [5.41, 5.74) is -2.45. The van der Waals surface area contributed by atoms with Crippen molar-refractivity contribution in [3.05, 3.63) is 52.9 Å². The van der Waals surface area contributed by atoms with Gasteiger partial charge in [-0.15, -0.1) is 0 Å². The molecule has 0 N–H and O–H groups in total. The molecule has 0 fully saturated rings. The molecule has 0 saturated heterocycles. The topological polar surface area (TPSA) is 9.23 Å². The van der Waals surface area contributed by atoms with Gasteiger partial charge in [0.05, 0.1) is 7.11 Å². The molecule has 2 rings (SSSR count). The fourth-order valence-electron chi connectivity index (χ4n) is 1.73. The van der Waals surface area contributed by atoms with E-state index in [1.54, 1.807) is 0 Å². The highest BCUT2D eigenvalue weighted by Crippen LogP contribution is 2.19. The highest BCUT2D eigenvalue weighted by atomic mass is 19.2. The summed E-state index contributed by atoms with van der Waals surface area (Å²) in [6.07, 6.45) is 0. The Kier molecular flexibility index (Phi) is 4.34. The Balaban J connectivity index is 2.62. The van der Waals surface area contributed by atoms with E-state index in [2.05, 4.69) is 4.74 Å². The van der Waals surface area contributed by atoms with Gasteiger partial charge in [-0.1, -0.05) is 0 Å². The van der Waals surface area contributed by atoms with Gasteiger partial charge < -0.3 is 4.74 Å². The van der Waals surface area contributed by atoms with Gasteiger partial charge in [0.15, 0.2) is 40.7 Å². The number of hydrogen-bond donors (Lipinski definition) is 0. The van der Waals surface area contributed by atoms with Crippen molar-refractivity contribution in [1.29, 1.82) is 0 Å². The molecule has 1 radical (unpaired) electrons. The van der Waals surface area contributed by atoms with Crippen LogP contribution in [-0.2, 0) is 0 Å². The molecule has 0 spiro atoms. The number of hydrogen-bond acceptors (Lipinski definition) is 1. The maximum Gasteiger partial charge on any atom is 0.207 e. The highest BCUT2D eigenvalue weighted by molar-refractivity contribution is 6.67. The summed E-state index contributed by atoms with van der Waals surface area (Å²) in [5.74, 6) is -13.0. The van der Waals surface area contributed by atoms with E-state index in [-0.39, 0.29) is 13.3 Å². The predicted octanol–water partition coefficient (Wildman–Crippen LogP) is 2.32. The van der Waals surface area contributed by atoms with Crippen molar-refractivity contribution in [3.8, 4) is 5.75 Å². The van der Waals surface area contributed by atoms with Gasteiger partial charge in [-0.05, 0) is 10.9 Å². The summed E-state index contributed by atoms with van der Waals surface area (Å²) >= 11 is 0. The summed E-state index contributed by atoms with van der Waals surface area (Å²) in [6.45, 7) is 0. The molecule has 0 aliphatic rings. The molecule has 0 amide bonds. The Morgan fingerprint density at radius 1 is 0.682 bits per heavy atom. The second-order valence-electron chi connectivity index (χ2n) is 4.13. The molecule has 2 aromatic rings. The Morgan fingerprint density at radius 2 is 1.27 bits per heavy atom. The van der Waals surface area contributed by atoms with Gasteiger partial charge in [-0.3, -0.25) is 0 Å². The molecule has 0 unspecified atom stereocenters. The first-order chi connectivity index (χ1) is 10.3. The standard InChI is InChI=1S/C13H5BF7O/c1-22-7-3-6(17)10(18)9(12(7)20)14-8-4(15)2-5(16)11(19)13(8)21/h2-3H,1H3. The zero-order valence-electron chi connectivity index (χ0n) is 10.8. The minimum absolute atomic E-state index is 0.00339. The Labute approximate surface area is 120 Å². The van der Waals surface area contributed by atoms with Crippen molar-refractivity contribution in [2.45, 2.75) is 0 Å². The van der Waals surface area contributed by atoms with Gasteiger partial charge in [-0.2, -0.15) is 0 Å². The largest absolute Gasteiger partial charge is 0.494 e. The third-order valence-corrected chi connectivity index (χ3v) is 2.81. The minimum atomic E-state index is -2.03. The van der Waals surface area contributed by atoms with Crippen LogP contribution in [0.4, 0.5) is 30.7 Å². The van der Waals surface area contributed by atoms with Crippen LogP contribution >= 0.6 is 0 Å². The lowest BCUT2D eigenvalue weighted by Crippen LogP contribution is -2.38. The fraction of sp³-hybridized carbons (Fsp3) is 0.0769. The van der Waals surface area contributed by atoms with E-state index in [9.17, 15) is 30.7 Å². The quantitative estimate of drug-likeness (QED) is 0.365. The summed E-state index contributed by atoms with van der Waals surface area (Å²) in [4.78, 5) is 0. The maximum absolute atomic E-state index is 13.9. The normalized spacial score (nSPS) is 10.7. The first-order valence-electron chi connectivity index (χ1n) is 5.67. The number of ether oxygens (including phenoxy) is 1. The predicted molar refractivity (Wildman–Crippen MR) is 64.2 cm³/mol. The minimum Gasteiger partial charge on any atom is -0.494 e. The van der Waals surface area contributed by atoms with E-state index >= 15 is 0 Å². The van der Waals surface area contributed by atoms with Crippen LogP contribution in [0.25, 0.3) is 0 Å². The van der Waals surface area contributed by atoms with Crippen molar-refractivity contribution in [2.24, 2.45) is 0 Å². The zero-order valence-corrected chi connectivity index (χ0v) is 10.8. The summed E-state index contributed by atoms with van der Waals surface area (Å²) in [5, 5.41) is 0. The van der Waals surface area contributed by atoms with E-state index in [4.69, 9.17) is 0 Å². The lowest BCUT2D eigenvalue weighted by Gasteiger charge is -2.11. The van der Waals surface area contributed by atoms with Crippen molar-refractivity contribution in [2.75, 3.05) is 7.11 Å². The molecular formula is C13H5BF7O. The molecule has 0 saturated carbocycles. The third kappa shape index (κ3) is 2.62. The van der Waals surface area contributed by atoms with Crippen LogP contribution in [0.1, 0.15) is 0 Å². The second-order valence-corrected chi connectivity index (χ2v) is 4.13. The Hall–Kier alpha value is -2.19. The molecule has 115 valence electrons. The van der Waals surface area contributed by atoms with Crippen LogP contribution in [0.15, 0.2) is 12.1 Å². The molecule has 2 aromatic carbocycles. The molecule has 9 heteroatoms. The van der Waals surface area contributed by atoms with Gasteiger partial charge in [0.1, 0.15) is 5.82 Å². The number of methoxy groups -OCH3 is 1. The smallest absolute Gasteiger partial charge is 0.207 e. The molecule has 0 heterocycles. The van der Waals surface area contributed by atoms with E-state index < -0.39 is 57.4 Å². The van der Waals surface area contributed by atoms with Crippen molar-refractivity contribution in [3.63, 3.8) is 0 Å². The van der Waals surface area contributed by atoms with Crippen molar-refractivity contribution < 1.29 is 35.5 Å². The molecule has 0 aliphatic heterocycles. The van der Waals surface area contributed by atoms with Crippen LogP contribution in [-0.4, -0.2) is 14.4 Å². The average molecular weight is 321 g/mol. The molecule has 0 atom stereocenters. The van der Waals surface area contributed by atoms with E-state index in [0.29, 0.717) is 6.07 Å². The van der Waals surface area contributed by atoms with E-state index in [0.717, 1.165) is 7.11 Å². The molecular weight excluding hydrogens is 316 g/mol. The molecule has 22 heavy (non-hydrogen) atoms. The summed E-state index contributed by atoms with van der Waals surface area (Å²) in [7, 11) is 1.14. The molecule has 0 aliphatic carbocycles. The SMILES string of the molecule is COc1cc(F)c(F)c([B]c2c(F)cc(F)c(F)c2F)c1F. The highest BCUT2D eigenvalue weighted by Gasteiger charge is 2.26. The Bertz CT molecular complexity index is 748. The maximum atomic E-state index is 13.9. The Morgan fingerprint density at radius 3 is 1.86 bits per heavy atom. The zero-order chi connectivity index (χ0) is 16.6. The van der Waals surface area contributed by atoms with Gasteiger partial charge in [0.25, 0.3) is 0 Å². The fourth-order valence-corrected chi connectivity index (χ4v) is 1.73. The molecule has 0 aromatic heterocycles. The summed E-state index contributed by atoms with van der Waals surface area (Å²) < 4.78 is 98.0.